The molecule has 1 rings (SSSR count). The highest BCUT2D eigenvalue weighted by atomic mass is 16.7. The van der Waals surface area contributed by atoms with Gasteiger partial charge in [0.2, 0.25) is 0 Å². The van der Waals surface area contributed by atoms with Gasteiger partial charge in [-0.25, -0.2) is 0 Å². The minimum absolute atomic E-state index is 0.0975. The maximum Gasteiger partial charge on any atom is 0.174 e. The van der Waals surface area contributed by atoms with Crippen molar-refractivity contribution < 1.29 is 9.47 Å². The van der Waals surface area contributed by atoms with Gasteiger partial charge in [0.1, 0.15) is 0 Å². The van der Waals surface area contributed by atoms with Crippen molar-refractivity contribution in [3.05, 3.63) is 17.5 Å². The highest BCUT2D eigenvalue weighted by Gasteiger charge is 2.22. The molecule has 0 radical (unpaired) electrons. The number of nitrogens with one attached hydrogen (secondary N) is 1. The highest BCUT2D eigenvalue weighted by molar-refractivity contribution is 5.10. The molecule has 0 spiro atoms. The third-order valence-corrected chi connectivity index (χ3v) is 2.73. The predicted molar refractivity (Wildman–Crippen MR) is 69.8 cm³/mol. The van der Waals surface area contributed by atoms with E-state index in [1.54, 1.807) is 0 Å². The predicted octanol–water partition coefficient (Wildman–Crippen LogP) is 0.502. The first-order valence-corrected chi connectivity index (χ1v) is 6.31. The molecule has 0 aromatic carbocycles. The van der Waals surface area contributed by atoms with Crippen LogP contribution in [0.15, 0.2) is 6.07 Å². The highest BCUT2D eigenvalue weighted by Crippen LogP contribution is 2.10. The van der Waals surface area contributed by atoms with E-state index in [1.807, 2.05) is 38.6 Å². The second kappa shape index (κ2) is 7.48. The Balaban J connectivity index is 2.72. The van der Waals surface area contributed by atoms with E-state index in [-0.39, 0.29) is 12.3 Å². The summed E-state index contributed by atoms with van der Waals surface area (Å²) >= 11 is 0. The van der Waals surface area contributed by atoms with Crippen molar-refractivity contribution in [1.82, 2.24) is 15.2 Å². The second-order valence-electron chi connectivity index (χ2n) is 4.16. The van der Waals surface area contributed by atoms with Crippen molar-refractivity contribution >= 4 is 0 Å². The van der Waals surface area contributed by atoms with Gasteiger partial charge in [0.25, 0.3) is 0 Å². The maximum absolute atomic E-state index is 5.60. The number of hydrazine groups is 1. The van der Waals surface area contributed by atoms with Gasteiger partial charge in [0.05, 0.1) is 11.7 Å². The number of ether oxygens (including phenoxy) is 2. The molecule has 1 heterocycles. The number of hydrogen-bond donors (Lipinski definition) is 2. The van der Waals surface area contributed by atoms with Crippen LogP contribution in [0.5, 0.6) is 0 Å². The lowest BCUT2D eigenvalue weighted by atomic mass is 10.1. The second-order valence-corrected chi connectivity index (χ2v) is 4.16. The quantitative estimate of drug-likeness (QED) is 0.402. The summed E-state index contributed by atoms with van der Waals surface area (Å²) in [7, 11) is 1.92. The lowest BCUT2D eigenvalue weighted by Crippen LogP contribution is -2.48. The topological polar surface area (TPSA) is 74.3 Å². The fourth-order valence-electron chi connectivity index (χ4n) is 1.92. The average Bonchev–Trinajstić information content (AvgIpc) is 2.64. The summed E-state index contributed by atoms with van der Waals surface area (Å²) in [5.74, 6) is 5.60. The molecule has 0 amide bonds. The fraction of sp³-hybridized carbons (Fsp3) is 0.750. The molecule has 0 fully saturated rings. The van der Waals surface area contributed by atoms with Gasteiger partial charge >= 0.3 is 0 Å². The van der Waals surface area contributed by atoms with Crippen LogP contribution in [-0.4, -0.2) is 35.3 Å². The number of aryl methyl sites for hydroxylation is 2. The first-order chi connectivity index (χ1) is 8.62. The zero-order valence-corrected chi connectivity index (χ0v) is 11.6. The third kappa shape index (κ3) is 4.06. The first-order valence-electron chi connectivity index (χ1n) is 6.31. The zero-order valence-electron chi connectivity index (χ0n) is 11.6. The largest absolute Gasteiger partial charge is 0.351 e. The van der Waals surface area contributed by atoms with Crippen LogP contribution >= 0.6 is 0 Å². The minimum Gasteiger partial charge on any atom is -0.351 e. The molecule has 1 unspecified atom stereocenters. The molecule has 0 aliphatic rings. The number of nitrogens with two attached hydrogens (primary N) is 1. The number of nitrogens with zero attached hydrogens (tertiary/aromatic N) is 2. The van der Waals surface area contributed by atoms with Crippen LogP contribution in [0.25, 0.3) is 0 Å². The summed E-state index contributed by atoms with van der Waals surface area (Å²) in [6, 6.07) is 1.94. The Hall–Kier alpha value is -0.950. The molecule has 1 atom stereocenters. The third-order valence-electron chi connectivity index (χ3n) is 2.73. The summed E-state index contributed by atoms with van der Waals surface area (Å²) in [6.07, 6.45) is 0.360. The smallest absolute Gasteiger partial charge is 0.174 e. The summed E-state index contributed by atoms with van der Waals surface area (Å²) in [5.41, 5.74) is 4.86. The molecule has 3 N–H and O–H groups in total. The zero-order chi connectivity index (χ0) is 13.5. The van der Waals surface area contributed by atoms with Crippen molar-refractivity contribution in [2.45, 2.75) is 39.5 Å². The van der Waals surface area contributed by atoms with Gasteiger partial charge in [-0.3, -0.25) is 16.0 Å². The van der Waals surface area contributed by atoms with Gasteiger partial charge in [-0.05, 0) is 26.8 Å². The Morgan fingerprint density at radius 1 is 1.39 bits per heavy atom. The van der Waals surface area contributed by atoms with Gasteiger partial charge < -0.3 is 9.47 Å². The lowest BCUT2D eigenvalue weighted by molar-refractivity contribution is -0.154. The van der Waals surface area contributed by atoms with E-state index in [0.717, 1.165) is 11.4 Å². The molecular formula is C12H24N4O2. The number of aromatic nitrogens is 2. The molecule has 6 heteroatoms. The van der Waals surface area contributed by atoms with Crippen LogP contribution < -0.4 is 11.3 Å². The van der Waals surface area contributed by atoms with Crippen LogP contribution in [0.4, 0.5) is 0 Å². The van der Waals surface area contributed by atoms with Crippen molar-refractivity contribution in [3.8, 4) is 0 Å². The summed E-state index contributed by atoms with van der Waals surface area (Å²) < 4.78 is 13.0. The first kappa shape index (κ1) is 15.1. The lowest BCUT2D eigenvalue weighted by Gasteiger charge is -2.26. The van der Waals surface area contributed by atoms with E-state index in [1.165, 1.54) is 0 Å². The van der Waals surface area contributed by atoms with Crippen LogP contribution in [0.1, 0.15) is 25.2 Å². The summed E-state index contributed by atoms with van der Waals surface area (Å²) in [5, 5.41) is 4.32. The Morgan fingerprint density at radius 2 is 2.00 bits per heavy atom. The molecule has 0 aliphatic heterocycles. The Kier molecular flexibility index (Phi) is 6.28. The molecule has 0 aliphatic carbocycles. The molecule has 1 aromatic heterocycles. The van der Waals surface area contributed by atoms with E-state index in [4.69, 9.17) is 15.3 Å². The van der Waals surface area contributed by atoms with E-state index in [0.29, 0.717) is 19.6 Å². The molecule has 0 saturated carbocycles. The average molecular weight is 256 g/mol. The van der Waals surface area contributed by atoms with Crippen LogP contribution in [0.3, 0.4) is 0 Å². The maximum atomic E-state index is 5.60. The van der Waals surface area contributed by atoms with Crippen molar-refractivity contribution in [3.63, 3.8) is 0 Å². The van der Waals surface area contributed by atoms with Crippen molar-refractivity contribution in [2.75, 3.05) is 13.2 Å². The summed E-state index contributed by atoms with van der Waals surface area (Å²) in [6.45, 7) is 7.03. The number of hydrogen-bond acceptors (Lipinski definition) is 5. The van der Waals surface area contributed by atoms with Gasteiger partial charge in [0, 0.05) is 32.4 Å². The van der Waals surface area contributed by atoms with Crippen LogP contribution in [0, 0.1) is 6.92 Å². The van der Waals surface area contributed by atoms with Gasteiger partial charge in [-0.1, -0.05) is 0 Å². The van der Waals surface area contributed by atoms with Crippen LogP contribution in [0.2, 0.25) is 0 Å². The Bertz CT molecular complexity index is 348. The van der Waals surface area contributed by atoms with Crippen LogP contribution in [-0.2, 0) is 22.9 Å². The van der Waals surface area contributed by atoms with E-state index in [9.17, 15) is 0 Å². The SMILES string of the molecule is CCOC(OCC)C(Cc1cc(C)nn1C)NN. The molecule has 1 aromatic rings. The minimum atomic E-state index is -0.347. The molecule has 104 valence electrons. The normalized spacial score (nSPS) is 13.2. The molecule has 0 bridgehead atoms. The molecule has 6 nitrogen and oxygen atoms in total. The molecule has 0 saturated heterocycles. The standard InChI is InChI=1S/C12H24N4O2/c1-5-17-12(18-6-2)11(14-13)8-10-7-9(3)15-16(10)4/h7,11-12,14H,5-6,8,13H2,1-4H3. The Labute approximate surface area is 108 Å². The molecule has 18 heavy (non-hydrogen) atoms. The van der Waals surface area contributed by atoms with Gasteiger partial charge in [-0.2, -0.15) is 5.10 Å². The van der Waals surface area contributed by atoms with E-state index in [2.05, 4.69) is 10.5 Å². The van der Waals surface area contributed by atoms with Gasteiger partial charge in [0.15, 0.2) is 6.29 Å². The Morgan fingerprint density at radius 3 is 2.39 bits per heavy atom. The molecular weight excluding hydrogens is 232 g/mol. The van der Waals surface area contributed by atoms with Gasteiger partial charge in [-0.15, -0.1) is 0 Å². The van der Waals surface area contributed by atoms with Crippen molar-refractivity contribution in [2.24, 2.45) is 12.9 Å². The van der Waals surface area contributed by atoms with E-state index < -0.39 is 0 Å². The van der Waals surface area contributed by atoms with Crippen molar-refractivity contribution in [1.29, 1.82) is 0 Å². The fourth-order valence-corrected chi connectivity index (χ4v) is 1.92. The monoisotopic (exact) mass is 256 g/mol. The van der Waals surface area contributed by atoms with E-state index >= 15 is 0 Å². The summed E-state index contributed by atoms with van der Waals surface area (Å²) in [4.78, 5) is 0. The number of rotatable bonds is 8.